The van der Waals surface area contributed by atoms with Crippen LogP contribution in [0.2, 0.25) is 0 Å². The molecular formula is C14H19N5O. The summed E-state index contributed by atoms with van der Waals surface area (Å²) in [6.45, 7) is 4.86. The van der Waals surface area contributed by atoms with Crippen LogP contribution in [0, 0.1) is 0 Å². The molecule has 106 valence electrons. The van der Waals surface area contributed by atoms with Crippen LogP contribution >= 0.6 is 0 Å². The van der Waals surface area contributed by atoms with E-state index in [9.17, 15) is 4.79 Å². The third-order valence-electron chi connectivity index (χ3n) is 3.76. The van der Waals surface area contributed by atoms with Crippen molar-refractivity contribution in [3.8, 4) is 0 Å². The summed E-state index contributed by atoms with van der Waals surface area (Å²) >= 11 is 0. The molecule has 0 saturated carbocycles. The van der Waals surface area contributed by atoms with Crippen LogP contribution in [-0.2, 0) is 0 Å². The molecule has 0 radical (unpaired) electrons. The summed E-state index contributed by atoms with van der Waals surface area (Å²) in [6, 6.07) is 5.75. The first-order valence-electron chi connectivity index (χ1n) is 6.93. The fourth-order valence-electron chi connectivity index (χ4n) is 2.63. The predicted octanol–water partition coefficient (Wildman–Crippen LogP) is 0.0508. The van der Waals surface area contributed by atoms with Crippen molar-refractivity contribution in [2.75, 3.05) is 39.3 Å². The minimum absolute atomic E-state index is 0.0681. The summed E-state index contributed by atoms with van der Waals surface area (Å²) in [5.74, 6) is 0.0681. The first-order valence-corrected chi connectivity index (χ1v) is 6.93. The van der Waals surface area contributed by atoms with E-state index in [-0.39, 0.29) is 5.91 Å². The fraction of sp³-hybridized carbons (Fsp3) is 0.429. The lowest BCUT2D eigenvalue weighted by Crippen LogP contribution is -2.49. The van der Waals surface area contributed by atoms with Crippen LogP contribution in [0.5, 0.6) is 0 Å². The van der Waals surface area contributed by atoms with Gasteiger partial charge >= 0.3 is 0 Å². The van der Waals surface area contributed by atoms with Crippen molar-refractivity contribution in [3.05, 3.63) is 36.2 Å². The number of carbonyl (C=O) groups is 1. The van der Waals surface area contributed by atoms with E-state index in [1.54, 1.807) is 10.7 Å². The highest BCUT2D eigenvalue weighted by atomic mass is 16.2. The molecule has 3 heterocycles. The van der Waals surface area contributed by atoms with E-state index in [2.05, 4.69) is 10.00 Å². The molecule has 1 aliphatic rings. The number of nitrogens with zero attached hydrogens (tertiary/aromatic N) is 4. The maximum atomic E-state index is 12.6. The Hall–Kier alpha value is -1.92. The van der Waals surface area contributed by atoms with Gasteiger partial charge in [-0.25, -0.2) is 4.52 Å². The van der Waals surface area contributed by atoms with Gasteiger partial charge in [0, 0.05) is 45.5 Å². The molecule has 20 heavy (non-hydrogen) atoms. The molecule has 0 spiro atoms. The Morgan fingerprint density at radius 1 is 1.25 bits per heavy atom. The quantitative estimate of drug-likeness (QED) is 0.858. The number of pyridine rings is 1. The Kier molecular flexibility index (Phi) is 3.66. The summed E-state index contributed by atoms with van der Waals surface area (Å²) in [7, 11) is 0. The van der Waals surface area contributed by atoms with Crippen molar-refractivity contribution >= 4 is 11.4 Å². The largest absolute Gasteiger partial charge is 0.336 e. The standard InChI is InChI=1S/C14H19N5O/c15-4-6-17-7-9-18(10-8-17)14(20)12-11-16-19-5-2-1-3-13(12)19/h1-3,5,11H,4,6-10,15H2. The topological polar surface area (TPSA) is 66.9 Å². The van der Waals surface area contributed by atoms with Gasteiger partial charge in [-0.15, -0.1) is 0 Å². The lowest BCUT2D eigenvalue weighted by Gasteiger charge is -2.34. The SMILES string of the molecule is NCCN1CCN(C(=O)c2cnn3ccccc23)CC1. The molecule has 3 rings (SSSR count). The third kappa shape index (κ3) is 2.39. The Labute approximate surface area is 117 Å². The van der Waals surface area contributed by atoms with E-state index in [1.165, 1.54) is 0 Å². The Morgan fingerprint density at radius 3 is 2.80 bits per heavy atom. The maximum Gasteiger partial charge on any atom is 0.257 e. The lowest BCUT2D eigenvalue weighted by molar-refractivity contribution is 0.0643. The summed E-state index contributed by atoms with van der Waals surface area (Å²) in [4.78, 5) is 16.8. The molecule has 1 fully saturated rings. The molecule has 2 N–H and O–H groups in total. The van der Waals surface area contributed by atoms with Gasteiger partial charge in [-0.2, -0.15) is 5.10 Å². The van der Waals surface area contributed by atoms with Gasteiger partial charge in [0.15, 0.2) is 0 Å². The molecule has 6 heteroatoms. The maximum absolute atomic E-state index is 12.6. The highest BCUT2D eigenvalue weighted by molar-refractivity contribution is 6.00. The van der Waals surface area contributed by atoms with E-state index < -0.39 is 0 Å². The van der Waals surface area contributed by atoms with Gasteiger partial charge in [0.1, 0.15) is 0 Å². The van der Waals surface area contributed by atoms with Crippen LogP contribution in [0.15, 0.2) is 30.6 Å². The molecule has 0 unspecified atom stereocenters. The minimum Gasteiger partial charge on any atom is -0.336 e. The van der Waals surface area contributed by atoms with Crippen LogP contribution in [-0.4, -0.2) is 64.6 Å². The van der Waals surface area contributed by atoms with E-state index in [0.717, 1.165) is 38.2 Å². The average molecular weight is 273 g/mol. The number of rotatable bonds is 3. The van der Waals surface area contributed by atoms with Crippen LogP contribution < -0.4 is 5.73 Å². The molecule has 0 aromatic carbocycles. The number of fused-ring (bicyclic) bond motifs is 1. The molecule has 2 aromatic heterocycles. The van der Waals surface area contributed by atoms with Gasteiger partial charge in [0.25, 0.3) is 5.91 Å². The van der Waals surface area contributed by atoms with Crippen molar-refractivity contribution in [1.29, 1.82) is 0 Å². The van der Waals surface area contributed by atoms with E-state index in [4.69, 9.17) is 5.73 Å². The van der Waals surface area contributed by atoms with Crippen molar-refractivity contribution in [2.24, 2.45) is 5.73 Å². The summed E-state index contributed by atoms with van der Waals surface area (Å²) in [5.41, 5.74) is 7.10. The van der Waals surface area contributed by atoms with Gasteiger partial charge < -0.3 is 10.6 Å². The second-order valence-electron chi connectivity index (χ2n) is 5.01. The van der Waals surface area contributed by atoms with E-state index in [0.29, 0.717) is 12.1 Å². The first-order chi connectivity index (χ1) is 9.79. The zero-order valence-corrected chi connectivity index (χ0v) is 11.4. The second kappa shape index (κ2) is 5.60. The number of amides is 1. The van der Waals surface area contributed by atoms with Crippen LogP contribution in [0.1, 0.15) is 10.4 Å². The molecule has 0 bridgehead atoms. The number of hydrogen-bond donors (Lipinski definition) is 1. The zero-order chi connectivity index (χ0) is 13.9. The van der Waals surface area contributed by atoms with Gasteiger partial charge in [-0.3, -0.25) is 9.69 Å². The van der Waals surface area contributed by atoms with E-state index in [1.807, 2.05) is 29.3 Å². The lowest BCUT2D eigenvalue weighted by atomic mass is 10.2. The summed E-state index contributed by atoms with van der Waals surface area (Å²) in [6.07, 6.45) is 3.51. The van der Waals surface area contributed by atoms with Crippen molar-refractivity contribution in [2.45, 2.75) is 0 Å². The fourth-order valence-corrected chi connectivity index (χ4v) is 2.63. The molecular weight excluding hydrogens is 254 g/mol. The predicted molar refractivity (Wildman–Crippen MR) is 76.6 cm³/mol. The molecule has 0 atom stereocenters. The molecule has 6 nitrogen and oxygen atoms in total. The molecule has 1 amide bonds. The normalized spacial score (nSPS) is 16.8. The highest BCUT2D eigenvalue weighted by Crippen LogP contribution is 2.14. The number of nitrogens with two attached hydrogens (primary N) is 1. The van der Waals surface area contributed by atoms with Crippen LogP contribution in [0.3, 0.4) is 0 Å². The third-order valence-corrected chi connectivity index (χ3v) is 3.76. The van der Waals surface area contributed by atoms with Gasteiger partial charge in [0.05, 0.1) is 17.3 Å². The summed E-state index contributed by atoms with van der Waals surface area (Å²) in [5, 5.41) is 4.22. The van der Waals surface area contributed by atoms with Gasteiger partial charge in [0.2, 0.25) is 0 Å². The van der Waals surface area contributed by atoms with Crippen LogP contribution in [0.25, 0.3) is 5.52 Å². The minimum atomic E-state index is 0.0681. The summed E-state index contributed by atoms with van der Waals surface area (Å²) < 4.78 is 1.73. The van der Waals surface area contributed by atoms with Crippen molar-refractivity contribution in [3.63, 3.8) is 0 Å². The smallest absolute Gasteiger partial charge is 0.257 e. The Morgan fingerprint density at radius 2 is 2.05 bits per heavy atom. The number of aromatic nitrogens is 2. The number of carbonyl (C=O) groups excluding carboxylic acids is 1. The van der Waals surface area contributed by atoms with Crippen LogP contribution in [0.4, 0.5) is 0 Å². The Bertz CT molecular complexity index is 600. The highest BCUT2D eigenvalue weighted by Gasteiger charge is 2.23. The van der Waals surface area contributed by atoms with Crippen molar-refractivity contribution in [1.82, 2.24) is 19.4 Å². The molecule has 0 aliphatic carbocycles. The molecule has 1 aliphatic heterocycles. The second-order valence-corrected chi connectivity index (χ2v) is 5.01. The first kappa shape index (κ1) is 13.1. The number of piperazine rings is 1. The molecule has 2 aromatic rings. The van der Waals surface area contributed by atoms with Crippen molar-refractivity contribution < 1.29 is 4.79 Å². The Balaban J connectivity index is 1.74. The zero-order valence-electron chi connectivity index (χ0n) is 11.4. The van der Waals surface area contributed by atoms with Gasteiger partial charge in [-0.1, -0.05) is 6.07 Å². The van der Waals surface area contributed by atoms with Gasteiger partial charge in [-0.05, 0) is 12.1 Å². The monoisotopic (exact) mass is 273 g/mol. The van der Waals surface area contributed by atoms with E-state index >= 15 is 0 Å². The molecule has 1 saturated heterocycles. The average Bonchev–Trinajstić information content (AvgIpc) is 2.92. The number of hydrogen-bond acceptors (Lipinski definition) is 4.